The molecule has 0 amide bonds. The number of fused-ring (bicyclic) bond motifs is 8. The third-order valence-electron chi connectivity index (χ3n) is 28.5. The molecule has 4 fully saturated rings. The van der Waals surface area contributed by atoms with Crippen LogP contribution in [-0.2, 0) is 80.0 Å². The number of ether oxygens (including phenoxy) is 6. The molecule has 8 N–H and O–H groups in total. The summed E-state index contributed by atoms with van der Waals surface area (Å²) in [6.07, 6.45) is 39.5. The predicted octanol–water partition coefficient (Wildman–Crippen LogP) is 20.1. The minimum Gasteiger partial charge on any atom is -0.482 e. The second-order valence-corrected chi connectivity index (χ2v) is 36.5. The normalized spacial score (nSPS) is 25.6. The van der Waals surface area contributed by atoms with Crippen LogP contribution in [0.25, 0.3) is 0 Å². The summed E-state index contributed by atoms with van der Waals surface area (Å²) in [5, 5.41) is 73.8. The smallest absolute Gasteiger partial charge is 0.343 e. The van der Waals surface area contributed by atoms with Crippen LogP contribution < -0.4 is 18.9 Å². The summed E-state index contributed by atoms with van der Waals surface area (Å²) in [5.41, 5.74) is 10.2. The van der Waals surface area contributed by atoms with Crippen molar-refractivity contribution in [3.8, 4) is 23.0 Å². The van der Waals surface area contributed by atoms with Crippen molar-refractivity contribution < 1.29 is 88.5 Å². The Morgan fingerprint density at radius 1 is 0.367 bits per heavy atom. The average Bonchev–Trinajstić information content (AvgIpc) is 1.61. The Morgan fingerprint density at radius 2 is 0.633 bits per heavy atom. The van der Waals surface area contributed by atoms with Crippen molar-refractivity contribution in [3.63, 3.8) is 0 Å². The SMILES string of the molecule is C.C.CCCCC[C@H](C)CC[C@@H]1[C@H]2Cc3cccc(OCC(=O)O)c3C[C@H]2C[C@H]1C.CCCCC[C@H](C)CC[C@@H]1[C@H]2Cc3cccc(OCC(=O)OC)c3C[C@H]2C[C@H]1C.CCCCC[C@H](O)CC[C@@H]1[C@H]2Cc3cccc(OCC(=O)O)c3C[C@H]2C[C@H]1O.CCCCC[C@H](O)CC[C@@H]1[C@H]2Cc3cccc(OCC(=O)OC)c3C[C@H]2C[C@H]1O.CO.CO. The number of carbonyl (C=O) groups excluding carboxylic acids is 2. The monoisotopic (exact) mass is 1680 g/mol. The van der Waals surface area contributed by atoms with E-state index in [0.717, 1.165) is 218 Å². The summed E-state index contributed by atoms with van der Waals surface area (Å²) in [7, 11) is 4.76. The van der Waals surface area contributed by atoms with Crippen molar-refractivity contribution in [2.75, 3.05) is 54.9 Å². The molecule has 12 rings (SSSR count). The van der Waals surface area contributed by atoms with E-state index in [2.05, 4.69) is 90.5 Å². The van der Waals surface area contributed by atoms with Gasteiger partial charge >= 0.3 is 23.9 Å². The summed E-state index contributed by atoms with van der Waals surface area (Å²) in [4.78, 5) is 44.6. The van der Waals surface area contributed by atoms with Crippen molar-refractivity contribution >= 4 is 23.9 Å². The Kier molecular flexibility index (Phi) is 47.9. The summed E-state index contributed by atoms with van der Waals surface area (Å²) in [6.45, 7) is 18.1. The van der Waals surface area contributed by atoms with Crippen molar-refractivity contribution in [3.05, 3.63) is 117 Å². The molecule has 0 unspecified atom stereocenters. The van der Waals surface area contributed by atoms with Gasteiger partial charge in [-0.25, -0.2) is 19.2 Å². The number of benzene rings is 4. The van der Waals surface area contributed by atoms with Gasteiger partial charge in [0.25, 0.3) is 0 Å². The van der Waals surface area contributed by atoms with E-state index in [9.17, 15) is 39.6 Å². The van der Waals surface area contributed by atoms with Crippen LogP contribution in [0.2, 0.25) is 0 Å². The van der Waals surface area contributed by atoms with Gasteiger partial charge < -0.3 is 69.3 Å². The fourth-order valence-electron chi connectivity index (χ4n) is 22.3. The standard InChI is InChI=1S/C26H40O3.C25H38O3.C24H36O5.C23H34O5.2CH4O.2CH4/c1-5-6-7-9-18(2)12-13-22-19(3)14-21-16-24-20(15-23(21)22)10-8-11-25(24)29-17-26(27)28-4;1-4-5-6-8-17(2)11-12-21-18(3)13-20-15-23-19(14-22(20)21)9-7-10-24(23)28-16-25(26)27;1-3-4-5-8-18(25)10-11-19-20-12-16-7-6-9-23(29-15-24(27)28-2)21(16)13-17(20)14-22(19)26;1-2-3-4-7-17(24)9-10-18-19-11-15-6-5-8-22(28-14-23(26)27)20(15)12-16(19)13-21(18)25;2*1-2;;/h8,10-11,18-19,21-23H,5-7,9,12-17H2,1-4H3;7,9-10,17-18,20-22H,4-6,8,11-16H2,1-3H3,(H,26,27);6-7,9,17-20,22,25-26H,3-5,8,10-15H2,1-2H3;5-6,8,16-19,21,24-25H,2-4,7,9-14H2,1H3,(H,26,27);2*2H,1H3;2*1H4/t18-,19+,21+,22-,23-;17-,18+,20+,21-,22-;17-,18-,19+,20-,22+;16-,17-,18+,19-,21+;;;;/m0000..../s1. The van der Waals surface area contributed by atoms with Gasteiger partial charge in [0.15, 0.2) is 26.4 Å². The molecule has 8 aliphatic rings. The lowest BCUT2D eigenvalue weighted by Gasteiger charge is -2.33. The highest BCUT2D eigenvalue weighted by Crippen LogP contribution is 2.55. The number of rotatable bonds is 40. The Bertz CT molecular complexity index is 3350. The Morgan fingerprint density at radius 3 is 0.917 bits per heavy atom. The van der Waals surface area contributed by atoms with E-state index in [1.807, 2.05) is 42.5 Å². The number of hydrogen-bond donors (Lipinski definition) is 8. The highest BCUT2D eigenvalue weighted by atomic mass is 16.6. The molecule has 0 aromatic heterocycles. The molecule has 120 heavy (non-hydrogen) atoms. The lowest BCUT2D eigenvalue weighted by atomic mass is 9.73. The van der Waals surface area contributed by atoms with Crippen LogP contribution >= 0.6 is 0 Å². The zero-order chi connectivity index (χ0) is 85.8. The number of aliphatic carboxylic acids is 2. The van der Waals surface area contributed by atoms with Crippen LogP contribution in [0.3, 0.4) is 0 Å². The van der Waals surface area contributed by atoms with Gasteiger partial charge in [0.05, 0.1) is 38.6 Å². The van der Waals surface area contributed by atoms with Crippen molar-refractivity contribution in [2.24, 2.45) is 94.7 Å². The van der Waals surface area contributed by atoms with Gasteiger partial charge in [0.1, 0.15) is 23.0 Å². The molecule has 20 atom stereocenters. The Labute approximate surface area is 724 Å². The first-order valence-corrected chi connectivity index (χ1v) is 46.2. The van der Waals surface area contributed by atoms with Crippen LogP contribution in [0.15, 0.2) is 72.8 Å². The number of unbranched alkanes of at least 4 members (excludes halogenated alkanes) is 8. The maximum Gasteiger partial charge on any atom is 0.343 e. The Balaban J connectivity index is 0.000000279. The quantitative estimate of drug-likeness (QED) is 0.0152. The lowest BCUT2D eigenvalue weighted by molar-refractivity contribution is -0.143. The van der Waals surface area contributed by atoms with Crippen molar-refractivity contribution in [1.29, 1.82) is 0 Å². The van der Waals surface area contributed by atoms with E-state index in [1.54, 1.807) is 0 Å². The van der Waals surface area contributed by atoms with E-state index in [1.165, 1.54) is 162 Å². The van der Waals surface area contributed by atoms with Gasteiger partial charge in [0.2, 0.25) is 0 Å². The maximum atomic E-state index is 11.5. The molecule has 0 bridgehead atoms. The molecule has 4 aromatic rings. The molecule has 8 aliphatic carbocycles. The van der Waals surface area contributed by atoms with E-state index in [4.69, 9.17) is 44.1 Å². The molecule has 18 heteroatoms. The first-order chi connectivity index (χ1) is 57.0. The number of carboxylic acids is 2. The van der Waals surface area contributed by atoms with Gasteiger partial charge in [-0.15, -0.1) is 0 Å². The number of aliphatic hydroxyl groups is 6. The predicted molar refractivity (Wildman–Crippen MR) is 481 cm³/mol. The molecule has 0 aliphatic heterocycles. The highest BCUT2D eigenvalue weighted by Gasteiger charge is 2.49. The third kappa shape index (κ3) is 31.1. The number of aliphatic hydroxyl groups excluding tert-OH is 6. The minimum atomic E-state index is -0.972. The third-order valence-corrected chi connectivity index (χ3v) is 28.5. The van der Waals surface area contributed by atoms with Crippen LogP contribution in [0.5, 0.6) is 23.0 Å². The summed E-state index contributed by atoms with van der Waals surface area (Å²) < 4.78 is 32.0. The number of carboxylic acid groups (broad SMARTS) is 2. The van der Waals surface area contributed by atoms with E-state index < -0.39 is 11.9 Å². The summed E-state index contributed by atoms with van der Waals surface area (Å²) in [5.74, 6) is 10.9. The van der Waals surface area contributed by atoms with Crippen molar-refractivity contribution in [2.45, 2.75) is 326 Å². The molecule has 0 spiro atoms. The van der Waals surface area contributed by atoms with E-state index in [0.29, 0.717) is 29.4 Å². The topological polar surface area (TPSA) is 286 Å². The summed E-state index contributed by atoms with van der Waals surface area (Å²) >= 11 is 0. The van der Waals surface area contributed by atoms with Crippen LogP contribution in [0.1, 0.15) is 295 Å². The zero-order valence-corrected chi connectivity index (χ0v) is 74.4. The first-order valence-electron chi connectivity index (χ1n) is 46.2. The molecule has 680 valence electrons. The molecule has 18 nitrogen and oxygen atoms in total. The van der Waals surface area contributed by atoms with Gasteiger partial charge in [-0.2, -0.15) is 0 Å². The maximum absolute atomic E-state index is 11.5. The van der Waals surface area contributed by atoms with E-state index in [-0.39, 0.29) is 89.5 Å². The Hall–Kier alpha value is -6.28. The first kappa shape index (κ1) is 104. The van der Waals surface area contributed by atoms with Gasteiger partial charge in [-0.3, -0.25) is 0 Å². The molecule has 0 radical (unpaired) electrons. The lowest BCUT2D eigenvalue weighted by Crippen LogP contribution is -2.28. The van der Waals surface area contributed by atoms with Crippen LogP contribution in [-0.4, -0.2) is 144 Å². The molecular weight excluding hydrogens is 1510 g/mol. The van der Waals surface area contributed by atoms with Crippen LogP contribution in [0, 0.1) is 94.7 Å². The fraction of sp³-hybridized carbons (Fsp3) is 0.725. The molecular formula is C102H164O18. The largest absolute Gasteiger partial charge is 0.482 e. The number of esters is 2. The molecule has 4 saturated carbocycles. The van der Waals surface area contributed by atoms with Crippen LogP contribution in [0.4, 0.5) is 0 Å². The highest BCUT2D eigenvalue weighted by molar-refractivity contribution is 5.71. The number of carbonyl (C=O) groups is 4. The molecule has 4 aromatic carbocycles. The van der Waals surface area contributed by atoms with Gasteiger partial charge in [0, 0.05) is 14.2 Å². The number of methoxy groups -OCH3 is 2. The van der Waals surface area contributed by atoms with Crippen molar-refractivity contribution in [1.82, 2.24) is 0 Å². The average molecular weight is 1680 g/mol. The molecule has 0 heterocycles. The summed E-state index contributed by atoms with van der Waals surface area (Å²) in [6, 6.07) is 24.4. The molecule has 0 saturated heterocycles. The second kappa shape index (κ2) is 55.1. The van der Waals surface area contributed by atoms with Gasteiger partial charge in [-0.1, -0.05) is 222 Å². The second-order valence-electron chi connectivity index (χ2n) is 36.5. The minimum absolute atomic E-state index is 0. The zero-order valence-electron chi connectivity index (χ0n) is 74.4. The fourth-order valence-corrected chi connectivity index (χ4v) is 22.3. The van der Waals surface area contributed by atoms with E-state index >= 15 is 0 Å². The number of hydrogen-bond acceptors (Lipinski definition) is 16. The van der Waals surface area contributed by atoms with Gasteiger partial charge in [-0.05, 0) is 292 Å².